The summed E-state index contributed by atoms with van der Waals surface area (Å²) in [5, 5.41) is 0. The molecule has 118 valence electrons. The Hall–Kier alpha value is -1.06. The molecule has 1 aromatic carbocycles. The second kappa shape index (κ2) is 7.81. The van der Waals surface area contributed by atoms with E-state index >= 15 is 0 Å². The van der Waals surface area contributed by atoms with Gasteiger partial charge in [0.05, 0.1) is 6.61 Å². The van der Waals surface area contributed by atoms with Gasteiger partial charge in [0.15, 0.2) is 0 Å². The first-order valence-electron chi connectivity index (χ1n) is 8.34. The normalized spacial score (nSPS) is 16.5. The van der Waals surface area contributed by atoms with Crippen molar-refractivity contribution in [2.45, 2.75) is 52.1 Å². The van der Waals surface area contributed by atoms with E-state index in [0.29, 0.717) is 18.6 Å². The number of benzene rings is 1. The van der Waals surface area contributed by atoms with Gasteiger partial charge in [0, 0.05) is 25.2 Å². The summed E-state index contributed by atoms with van der Waals surface area (Å²) in [6, 6.07) is 9.32. The molecule has 1 atom stereocenters. The highest BCUT2D eigenvalue weighted by molar-refractivity contribution is 5.29. The Labute approximate surface area is 129 Å². The van der Waals surface area contributed by atoms with Crippen molar-refractivity contribution in [3.8, 4) is 5.75 Å². The summed E-state index contributed by atoms with van der Waals surface area (Å²) in [6.07, 6.45) is 3.80. The van der Waals surface area contributed by atoms with Crippen molar-refractivity contribution in [3.63, 3.8) is 0 Å². The summed E-state index contributed by atoms with van der Waals surface area (Å²) in [6.45, 7) is 9.28. The van der Waals surface area contributed by atoms with Gasteiger partial charge in [-0.3, -0.25) is 4.90 Å². The number of nitrogens with zero attached hydrogens (tertiary/aromatic N) is 1. The van der Waals surface area contributed by atoms with Crippen molar-refractivity contribution in [1.82, 2.24) is 4.90 Å². The van der Waals surface area contributed by atoms with E-state index in [9.17, 15) is 0 Å². The van der Waals surface area contributed by atoms with E-state index in [0.717, 1.165) is 24.7 Å². The van der Waals surface area contributed by atoms with Gasteiger partial charge in [-0.1, -0.05) is 19.1 Å². The quantitative estimate of drug-likeness (QED) is 0.755. The number of nitrogens with two attached hydrogens (primary N) is 1. The van der Waals surface area contributed by atoms with Crippen LogP contribution in [0.1, 0.15) is 51.6 Å². The molecule has 21 heavy (non-hydrogen) atoms. The van der Waals surface area contributed by atoms with Crippen molar-refractivity contribution in [2.75, 3.05) is 19.7 Å². The van der Waals surface area contributed by atoms with E-state index in [4.69, 9.17) is 10.5 Å². The Morgan fingerprint density at radius 1 is 1.24 bits per heavy atom. The molecule has 0 spiro atoms. The van der Waals surface area contributed by atoms with Crippen molar-refractivity contribution in [2.24, 2.45) is 11.7 Å². The maximum Gasteiger partial charge on any atom is 0.119 e. The van der Waals surface area contributed by atoms with Crippen molar-refractivity contribution in [3.05, 3.63) is 29.8 Å². The SMILES string of the molecule is CCCOc1ccc(C(CN)N(CC2CC2)C(C)C)cc1. The zero-order chi connectivity index (χ0) is 15.2. The molecule has 0 aliphatic heterocycles. The van der Waals surface area contributed by atoms with Gasteiger partial charge in [0.25, 0.3) is 0 Å². The highest BCUT2D eigenvalue weighted by Gasteiger charge is 2.29. The monoisotopic (exact) mass is 290 g/mol. The number of hydrogen-bond donors (Lipinski definition) is 1. The van der Waals surface area contributed by atoms with Crippen LogP contribution in [0.2, 0.25) is 0 Å². The number of hydrogen-bond acceptors (Lipinski definition) is 3. The highest BCUT2D eigenvalue weighted by Crippen LogP contribution is 2.34. The largest absolute Gasteiger partial charge is 0.494 e. The molecule has 1 saturated carbocycles. The summed E-state index contributed by atoms with van der Waals surface area (Å²) in [7, 11) is 0. The van der Waals surface area contributed by atoms with Gasteiger partial charge in [-0.25, -0.2) is 0 Å². The summed E-state index contributed by atoms with van der Waals surface area (Å²) in [4.78, 5) is 2.56. The first-order chi connectivity index (χ1) is 10.2. The van der Waals surface area contributed by atoms with Crippen molar-refractivity contribution in [1.29, 1.82) is 0 Å². The third-order valence-corrected chi connectivity index (χ3v) is 4.19. The minimum absolute atomic E-state index is 0.311. The molecule has 2 N–H and O–H groups in total. The fourth-order valence-electron chi connectivity index (χ4n) is 2.77. The molecule has 3 nitrogen and oxygen atoms in total. The summed E-state index contributed by atoms with van der Waals surface area (Å²) < 4.78 is 5.66. The fraction of sp³-hybridized carbons (Fsp3) is 0.667. The van der Waals surface area contributed by atoms with E-state index < -0.39 is 0 Å². The molecule has 0 amide bonds. The molecule has 1 aliphatic carbocycles. The van der Waals surface area contributed by atoms with Crippen LogP contribution in [0, 0.1) is 5.92 Å². The number of ether oxygens (including phenoxy) is 1. The molecular formula is C18H30N2O. The lowest BCUT2D eigenvalue weighted by molar-refractivity contribution is 0.149. The molecule has 0 heterocycles. The molecule has 1 aromatic rings. The molecule has 2 rings (SSSR count). The van der Waals surface area contributed by atoms with Gasteiger partial charge in [-0.15, -0.1) is 0 Å². The molecule has 0 radical (unpaired) electrons. The smallest absolute Gasteiger partial charge is 0.119 e. The standard InChI is InChI=1S/C18H30N2O/c1-4-11-21-17-9-7-16(8-10-17)18(12-19)20(14(2)3)13-15-5-6-15/h7-10,14-15,18H,4-6,11-13,19H2,1-3H3. The maximum absolute atomic E-state index is 6.08. The second-order valence-electron chi connectivity index (χ2n) is 6.40. The van der Waals surface area contributed by atoms with Gasteiger partial charge in [0.1, 0.15) is 5.75 Å². The van der Waals surface area contributed by atoms with Crippen LogP contribution in [0.25, 0.3) is 0 Å². The van der Waals surface area contributed by atoms with Gasteiger partial charge >= 0.3 is 0 Å². The summed E-state index contributed by atoms with van der Waals surface area (Å²) >= 11 is 0. The molecule has 1 unspecified atom stereocenters. The van der Waals surface area contributed by atoms with E-state index in [1.54, 1.807) is 0 Å². The van der Waals surface area contributed by atoms with Crippen LogP contribution in [0.3, 0.4) is 0 Å². The first-order valence-corrected chi connectivity index (χ1v) is 8.34. The predicted molar refractivity (Wildman–Crippen MR) is 88.6 cm³/mol. The van der Waals surface area contributed by atoms with Gasteiger partial charge in [-0.2, -0.15) is 0 Å². The maximum atomic E-state index is 6.08. The average Bonchev–Trinajstić information content (AvgIpc) is 3.30. The third kappa shape index (κ3) is 4.72. The fourth-order valence-corrected chi connectivity index (χ4v) is 2.77. The Kier molecular flexibility index (Phi) is 6.07. The Bertz CT molecular complexity index is 412. The topological polar surface area (TPSA) is 38.5 Å². The molecule has 3 heteroatoms. The van der Waals surface area contributed by atoms with Crippen LogP contribution >= 0.6 is 0 Å². The zero-order valence-corrected chi connectivity index (χ0v) is 13.7. The predicted octanol–water partition coefficient (Wildman–Crippen LogP) is 3.60. The molecule has 0 bridgehead atoms. The van der Waals surface area contributed by atoms with Gasteiger partial charge in [0.2, 0.25) is 0 Å². The lowest BCUT2D eigenvalue weighted by Gasteiger charge is -2.35. The summed E-state index contributed by atoms with van der Waals surface area (Å²) in [5.41, 5.74) is 7.39. The van der Waals surface area contributed by atoms with Gasteiger partial charge < -0.3 is 10.5 Å². The Morgan fingerprint density at radius 3 is 2.38 bits per heavy atom. The average molecular weight is 290 g/mol. The van der Waals surface area contributed by atoms with E-state index in [2.05, 4.69) is 49.9 Å². The van der Waals surface area contributed by atoms with Gasteiger partial charge in [-0.05, 0) is 56.7 Å². The van der Waals surface area contributed by atoms with Crippen LogP contribution in [0.15, 0.2) is 24.3 Å². The van der Waals surface area contributed by atoms with Crippen molar-refractivity contribution < 1.29 is 4.74 Å². The Morgan fingerprint density at radius 2 is 1.90 bits per heavy atom. The van der Waals surface area contributed by atoms with Crippen molar-refractivity contribution >= 4 is 0 Å². The zero-order valence-electron chi connectivity index (χ0n) is 13.7. The van der Waals surface area contributed by atoms with Crippen LogP contribution in [-0.4, -0.2) is 30.6 Å². The van der Waals surface area contributed by atoms with Crippen LogP contribution in [0.5, 0.6) is 5.75 Å². The van der Waals surface area contributed by atoms with Crippen LogP contribution in [-0.2, 0) is 0 Å². The molecule has 1 fully saturated rings. The first kappa shape index (κ1) is 16.3. The van der Waals surface area contributed by atoms with E-state index in [-0.39, 0.29) is 0 Å². The second-order valence-corrected chi connectivity index (χ2v) is 6.40. The number of rotatable bonds is 9. The molecular weight excluding hydrogens is 260 g/mol. The third-order valence-electron chi connectivity index (χ3n) is 4.19. The van der Waals surface area contributed by atoms with E-state index in [1.165, 1.54) is 24.9 Å². The lowest BCUT2D eigenvalue weighted by atomic mass is 10.0. The van der Waals surface area contributed by atoms with Crippen LogP contribution in [0.4, 0.5) is 0 Å². The minimum Gasteiger partial charge on any atom is -0.494 e. The molecule has 0 saturated heterocycles. The minimum atomic E-state index is 0.311. The lowest BCUT2D eigenvalue weighted by Crippen LogP contribution is -2.40. The molecule has 1 aliphatic rings. The van der Waals surface area contributed by atoms with E-state index in [1.807, 2.05) is 0 Å². The summed E-state index contributed by atoms with van der Waals surface area (Å²) in [5.74, 6) is 1.84. The molecule has 0 aromatic heterocycles. The Balaban J connectivity index is 2.06. The highest BCUT2D eigenvalue weighted by atomic mass is 16.5. The van der Waals surface area contributed by atoms with Crippen LogP contribution < -0.4 is 10.5 Å².